The van der Waals surface area contributed by atoms with Gasteiger partial charge in [0, 0.05) is 24.3 Å². The molecule has 0 saturated carbocycles. The highest BCUT2D eigenvalue weighted by atomic mass is 16.5. The second-order valence-corrected chi connectivity index (χ2v) is 5.13. The van der Waals surface area contributed by atoms with Crippen LogP contribution in [-0.2, 0) is 32.3 Å². The van der Waals surface area contributed by atoms with Crippen molar-refractivity contribution in [1.29, 1.82) is 0 Å². The minimum absolute atomic E-state index is 0.0459. The van der Waals surface area contributed by atoms with Crippen LogP contribution >= 0.6 is 0 Å². The molecular weight excluding hydrogens is 376 g/mol. The van der Waals surface area contributed by atoms with Gasteiger partial charge in [-0.1, -0.05) is 12.2 Å². The summed E-state index contributed by atoms with van der Waals surface area (Å²) in [5.74, 6) is -2.55. The van der Waals surface area contributed by atoms with Crippen LogP contribution < -0.4 is 10.9 Å². The van der Waals surface area contributed by atoms with E-state index in [1.54, 1.807) is 0 Å². The first-order valence-electron chi connectivity index (χ1n) is 7.65. The van der Waals surface area contributed by atoms with Gasteiger partial charge < -0.3 is 28.5 Å². The van der Waals surface area contributed by atoms with Crippen molar-refractivity contribution in [2.24, 2.45) is 0 Å². The highest BCUT2D eigenvalue weighted by Crippen LogP contribution is 2.06. The summed E-state index contributed by atoms with van der Waals surface area (Å²) in [6.45, 7) is -0.634. The van der Waals surface area contributed by atoms with Gasteiger partial charge in [-0.3, -0.25) is 9.59 Å². The van der Waals surface area contributed by atoms with Crippen LogP contribution in [-0.4, -0.2) is 22.2 Å². The van der Waals surface area contributed by atoms with Gasteiger partial charge in [0.25, 0.3) is 0 Å². The van der Waals surface area contributed by atoms with E-state index in [0.29, 0.717) is 0 Å². The van der Waals surface area contributed by atoms with Crippen molar-refractivity contribution in [3.8, 4) is 11.5 Å². The fourth-order valence-corrected chi connectivity index (χ4v) is 1.69. The van der Waals surface area contributed by atoms with Crippen molar-refractivity contribution in [2.75, 3.05) is 0 Å². The van der Waals surface area contributed by atoms with Crippen molar-refractivity contribution in [2.45, 2.75) is 13.2 Å². The molecule has 0 aromatic carbocycles. The predicted octanol–water partition coefficient (Wildman–Crippen LogP) is 0.903. The molecule has 0 atom stereocenters. The lowest BCUT2D eigenvalue weighted by Gasteiger charge is -2.01. The smallest absolute Gasteiger partial charge is 0.331 e. The average molecular weight is 390 g/mol. The standard InChI is InChI=1S/C18H14O10/c19-13-5-11(25-9-15(13)21)7-27-17(23)3-1-2-4-18(24)28-8-12-6-14(20)16(22)10-26-12/h1-6,9-10,21-22H,7-8H2/b3-1+,4-2+. The molecular formula is C18H14O10. The largest absolute Gasteiger partial charge is 0.502 e. The number of carbonyl (C=O) groups excluding carboxylic acids is 2. The minimum atomic E-state index is -0.764. The van der Waals surface area contributed by atoms with Crippen molar-refractivity contribution >= 4 is 11.9 Å². The molecule has 10 nitrogen and oxygen atoms in total. The van der Waals surface area contributed by atoms with Gasteiger partial charge in [-0.2, -0.15) is 0 Å². The zero-order valence-electron chi connectivity index (χ0n) is 14.2. The topological polar surface area (TPSA) is 153 Å². The molecule has 0 bridgehead atoms. The maximum atomic E-state index is 11.5. The van der Waals surface area contributed by atoms with Gasteiger partial charge in [0.1, 0.15) is 37.3 Å². The minimum Gasteiger partial charge on any atom is -0.502 e. The first-order chi connectivity index (χ1) is 13.3. The molecule has 0 spiro atoms. The van der Waals surface area contributed by atoms with Gasteiger partial charge in [-0.15, -0.1) is 0 Å². The quantitative estimate of drug-likeness (QED) is 0.396. The molecule has 10 heteroatoms. The maximum Gasteiger partial charge on any atom is 0.331 e. The number of hydrogen-bond acceptors (Lipinski definition) is 10. The van der Waals surface area contributed by atoms with Crippen molar-refractivity contribution in [3.63, 3.8) is 0 Å². The molecule has 2 heterocycles. The third-order valence-corrected chi connectivity index (χ3v) is 3.02. The third-order valence-electron chi connectivity index (χ3n) is 3.02. The lowest BCUT2D eigenvalue weighted by atomic mass is 10.4. The third kappa shape index (κ3) is 6.33. The second kappa shape index (κ2) is 9.57. The summed E-state index contributed by atoms with van der Waals surface area (Å²) in [6.07, 6.45) is 6.13. The van der Waals surface area contributed by atoms with Crippen molar-refractivity contribution < 1.29 is 38.1 Å². The van der Waals surface area contributed by atoms with E-state index in [2.05, 4.69) is 0 Å². The summed E-state index contributed by atoms with van der Waals surface area (Å²) in [6, 6.07) is 1.97. The van der Waals surface area contributed by atoms with Gasteiger partial charge in [-0.05, 0) is 0 Å². The molecule has 2 rings (SSSR count). The lowest BCUT2D eigenvalue weighted by molar-refractivity contribution is -0.140. The summed E-state index contributed by atoms with van der Waals surface area (Å²) in [4.78, 5) is 45.4. The number of aromatic hydroxyl groups is 2. The highest BCUT2D eigenvalue weighted by Gasteiger charge is 2.05. The van der Waals surface area contributed by atoms with Crippen LogP contribution in [0, 0.1) is 0 Å². The van der Waals surface area contributed by atoms with Gasteiger partial charge >= 0.3 is 11.9 Å². The van der Waals surface area contributed by atoms with Crippen LogP contribution in [0.3, 0.4) is 0 Å². The first kappa shape index (κ1) is 20.2. The first-order valence-corrected chi connectivity index (χ1v) is 7.65. The fraction of sp³-hybridized carbons (Fsp3) is 0.111. The maximum absolute atomic E-state index is 11.5. The molecule has 2 aromatic rings. The zero-order chi connectivity index (χ0) is 20.5. The molecule has 0 unspecified atom stereocenters. The Morgan fingerprint density at radius 2 is 1.21 bits per heavy atom. The molecule has 0 aliphatic heterocycles. The van der Waals surface area contributed by atoms with E-state index in [-0.39, 0.29) is 24.7 Å². The number of ether oxygens (including phenoxy) is 2. The summed E-state index contributed by atoms with van der Waals surface area (Å²) in [5, 5.41) is 18.1. The Labute approximate surface area is 156 Å². The van der Waals surface area contributed by atoms with E-state index in [1.807, 2.05) is 0 Å². The molecule has 146 valence electrons. The molecule has 0 fully saturated rings. The lowest BCUT2D eigenvalue weighted by Crippen LogP contribution is -2.05. The summed E-state index contributed by atoms with van der Waals surface area (Å²) >= 11 is 0. The van der Waals surface area contributed by atoms with Crippen LogP contribution in [0.25, 0.3) is 0 Å². The van der Waals surface area contributed by atoms with E-state index < -0.39 is 34.3 Å². The van der Waals surface area contributed by atoms with Crippen LogP contribution in [0.2, 0.25) is 0 Å². The average Bonchev–Trinajstić information content (AvgIpc) is 2.67. The van der Waals surface area contributed by atoms with E-state index in [1.165, 1.54) is 12.2 Å². The van der Waals surface area contributed by atoms with Crippen LogP contribution in [0.1, 0.15) is 11.5 Å². The number of allylic oxidation sites excluding steroid dienone is 2. The van der Waals surface area contributed by atoms with Gasteiger partial charge in [-0.25, -0.2) is 9.59 Å². The molecule has 28 heavy (non-hydrogen) atoms. The Morgan fingerprint density at radius 3 is 1.57 bits per heavy atom. The summed E-state index contributed by atoms with van der Waals surface area (Å²) in [7, 11) is 0. The van der Waals surface area contributed by atoms with E-state index >= 15 is 0 Å². The number of rotatable bonds is 7. The van der Waals surface area contributed by atoms with Gasteiger partial charge in [0.05, 0.1) is 0 Å². The molecule has 0 amide bonds. The Balaban J connectivity index is 1.74. The highest BCUT2D eigenvalue weighted by molar-refractivity contribution is 5.84. The predicted molar refractivity (Wildman–Crippen MR) is 91.2 cm³/mol. The summed E-state index contributed by atoms with van der Waals surface area (Å²) in [5.41, 5.74) is -1.33. The zero-order valence-corrected chi connectivity index (χ0v) is 14.2. The van der Waals surface area contributed by atoms with Crippen LogP contribution in [0.5, 0.6) is 11.5 Å². The SMILES string of the molecule is O=C(/C=C/C=C/C(=O)OCc1cc(=O)c(O)co1)OCc1cc(=O)c(O)co1. The molecule has 2 N–H and O–H groups in total. The number of carbonyl (C=O) groups is 2. The monoisotopic (exact) mass is 390 g/mol. The molecule has 2 aromatic heterocycles. The molecule has 0 saturated heterocycles. The van der Waals surface area contributed by atoms with Crippen molar-refractivity contribution in [3.05, 3.63) is 80.9 Å². The van der Waals surface area contributed by atoms with Gasteiger partial charge in [0.15, 0.2) is 11.5 Å². The van der Waals surface area contributed by atoms with E-state index in [9.17, 15) is 19.2 Å². The number of esters is 2. The Morgan fingerprint density at radius 1 is 0.821 bits per heavy atom. The van der Waals surface area contributed by atoms with Gasteiger partial charge in [0.2, 0.25) is 10.9 Å². The fourth-order valence-electron chi connectivity index (χ4n) is 1.69. The molecule has 0 aliphatic carbocycles. The van der Waals surface area contributed by atoms with Crippen LogP contribution in [0.4, 0.5) is 0 Å². The van der Waals surface area contributed by atoms with E-state index in [4.69, 9.17) is 28.5 Å². The van der Waals surface area contributed by atoms with Crippen LogP contribution in [0.15, 0.2) is 67.4 Å². The Kier molecular flexibility index (Phi) is 6.92. The summed E-state index contributed by atoms with van der Waals surface area (Å²) < 4.78 is 19.3. The van der Waals surface area contributed by atoms with E-state index in [0.717, 1.165) is 36.8 Å². The molecule has 0 radical (unpaired) electrons. The Bertz CT molecular complexity index is 942. The van der Waals surface area contributed by atoms with Crippen molar-refractivity contribution in [1.82, 2.24) is 0 Å². The molecule has 0 aliphatic rings. The second-order valence-electron chi connectivity index (χ2n) is 5.13. The normalized spacial score (nSPS) is 11.0. The Hall–Kier alpha value is -4.08. The number of hydrogen-bond donors (Lipinski definition) is 2.